The zero-order valence-electron chi connectivity index (χ0n) is 9.67. The predicted octanol–water partition coefficient (Wildman–Crippen LogP) is 0.767. The van der Waals surface area contributed by atoms with Crippen molar-refractivity contribution < 1.29 is 4.74 Å². The number of nitrogens with two attached hydrogens (primary N) is 1. The highest BCUT2D eigenvalue weighted by Gasteiger charge is 2.18. The fraction of sp³-hybridized carbons (Fsp3) is 0.500. The molecule has 2 aromatic rings. The summed E-state index contributed by atoms with van der Waals surface area (Å²) in [7, 11) is 0. The lowest BCUT2D eigenvalue weighted by molar-refractivity contribution is 0.185. The molecule has 17 heavy (non-hydrogen) atoms. The topological polar surface area (TPSA) is 65.4 Å². The van der Waals surface area contributed by atoms with Gasteiger partial charge in [0.2, 0.25) is 0 Å². The van der Waals surface area contributed by atoms with Gasteiger partial charge in [-0.05, 0) is 24.0 Å². The van der Waals surface area contributed by atoms with Crippen LogP contribution in [0.15, 0.2) is 18.3 Å². The summed E-state index contributed by atoms with van der Waals surface area (Å²) >= 11 is 0. The third kappa shape index (κ3) is 2.16. The van der Waals surface area contributed by atoms with Gasteiger partial charge in [0.1, 0.15) is 0 Å². The highest BCUT2D eigenvalue weighted by atomic mass is 16.5. The number of fused-ring (bicyclic) bond motifs is 1. The molecule has 3 rings (SSSR count). The van der Waals surface area contributed by atoms with Crippen LogP contribution >= 0.6 is 0 Å². The first-order valence-electron chi connectivity index (χ1n) is 5.97. The molecule has 90 valence electrons. The SMILES string of the molecule is NCc1ccc2nc(CC3CCOC3)nn2c1. The Morgan fingerprint density at radius 3 is 3.18 bits per heavy atom. The molecule has 2 aromatic heterocycles. The summed E-state index contributed by atoms with van der Waals surface area (Å²) in [6.45, 7) is 2.24. The number of hydrogen-bond acceptors (Lipinski definition) is 4. The first-order valence-corrected chi connectivity index (χ1v) is 5.97. The van der Waals surface area contributed by atoms with Gasteiger partial charge in [-0.25, -0.2) is 9.50 Å². The van der Waals surface area contributed by atoms with Gasteiger partial charge >= 0.3 is 0 Å². The lowest BCUT2D eigenvalue weighted by Crippen LogP contribution is -2.05. The van der Waals surface area contributed by atoms with E-state index in [9.17, 15) is 0 Å². The van der Waals surface area contributed by atoms with Crippen molar-refractivity contribution in [3.8, 4) is 0 Å². The van der Waals surface area contributed by atoms with Gasteiger partial charge in [0.05, 0.1) is 0 Å². The van der Waals surface area contributed by atoms with Crippen LogP contribution < -0.4 is 5.73 Å². The molecular weight excluding hydrogens is 216 g/mol. The molecule has 0 spiro atoms. The van der Waals surface area contributed by atoms with Crippen LogP contribution in [0.3, 0.4) is 0 Å². The molecule has 5 nitrogen and oxygen atoms in total. The van der Waals surface area contributed by atoms with Crippen LogP contribution in [0.1, 0.15) is 17.8 Å². The second-order valence-corrected chi connectivity index (χ2v) is 4.51. The lowest BCUT2D eigenvalue weighted by atomic mass is 10.1. The molecule has 5 heteroatoms. The van der Waals surface area contributed by atoms with Gasteiger partial charge in [-0.15, -0.1) is 0 Å². The van der Waals surface area contributed by atoms with E-state index in [1.54, 1.807) is 0 Å². The fourth-order valence-corrected chi connectivity index (χ4v) is 2.18. The van der Waals surface area contributed by atoms with Crippen molar-refractivity contribution >= 4 is 5.65 Å². The maximum atomic E-state index is 5.60. The van der Waals surface area contributed by atoms with E-state index < -0.39 is 0 Å². The Labute approximate surface area is 99.6 Å². The Kier molecular flexibility index (Phi) is 2.78. The quantitative estimate of drug-likeness (QED) is 0.848. The van der Waals surface area contributed by atoms with E-state index >= 15 is 0 Å². The zero-order chi connectivity index (χ0) is 11.7. The molecule has 0 saturated carbocycles. The highest BCUT2D eigenvalue weighted by Crippen LogP contribution is 2.17. The fourth-order valence-electron chi connectivity index (χ4n) is 2.18. The molecule has 1 unspecified atom stereocenters. The number of hydrogen-bond donors (Lipinski definition) is 1. The third-order valence-electron chi connectivity index (χ3n) is 3.17. The molecule has 1 aliphatic rings. The Balaban J connectivity index is 1.85. The minimum atomic E-state index is 0.529. The van der Waals surface area contributed by atoms with Crippen LogP contribution in [0.5, 0.6) is 0 Å². The summed E-state index contributed by atoms with van der Waals surface area (Å²) in [5.41, 5.74) is 7.55. The number of aromatic nitrogens is 3. The number of ether oxygens (including phenoxy) is 1. The summed E-state index contributed by atoms with van der Waals surface area (Å²) in [5.74, 6) is 1.47. The molecule has 0 amide bonds. The van der Waals surface area contributed by atoms with E-state index in [0.717, 1.165) is 43.1 Å². The van der Waals surface area contributed by atoms with Crippen LogP contribution in [0, 0.1) is 5.92 Å². The average molecular weight is 232 g/mol. The van der Waals surface area contributed by atoms with E-state index in [4.69, 9.17) is 10.5 Å². The Hall–Kier alpha value is -1.46. The molecule has 0 aliphatic carbocycles. The van der Waals surface area contributed by atoms with Crippen molar-refractivity contribution in [3.05, 3.63) is 29.7 Å². The van der Waals surface area contributed by atoms with Crippen molar-refractivity contribution in [1.29, 1.82) is 0 Å². The molecule has 1 aliphatic heterocycles. The van der Waals surface area contributed by atoms with Gasteiger partial charge < -0.3 is 10.5 Å². The molecule has 0 radical (unpaired) electrons. The van der Waals surface area contributed by atoms with Gasteiger partial charge in [-0.2, -0.15) is 5.10 Å². The van der Waals surface area contributed by atoms with Gasteiger partial charge in [0.15, 0.2) is 11.5 Å². The molecule has 1 saturated heterocycles. The normalized spacial score (nSPS) is 20.2. The van der Waals surface area contributed by atoms with Crippen LogP contribution in [-0.2, 0) is 17.7 Å². The summed E-state index contributed by atoms with van der Waals surface area (Å²) in [4.78, 5) is 4.51. The molecule has 2 N–H and O–H groups in total. The van der Waals surface area contributed by atoms with Crippen molar-refractivity contribution in [2.75, 3.05) is 13.2 Å². The van der Waals surface area contributed by atoms with Crippen molar-refractivity contribution in [2.45, 2.75) is 19.4 Å². The minimum Gasteiger partial charge on any atom is -0.381 e. The first-order chi connectivity index (χ1) is 8.35. The molecule has 1 fully saturated rings. The average Bonchev–Trinajstić information content (AvgIpc) is 2.96. The second kappa shape index (κ2) is 4.43. The van der Waals surface area contributed by atoms with E-state index in [0.29, 0.717) is 12.5 Å². The molecule has 0 bridgehead atoms. The Morgan fingerprint density at radius 1 is 1.47 bits per heavy atom. The van der Waals surface area contributed by atoms with Crippen molar-refractivity contribution in [1.82, 2.24) is 14.6 Å². The highest BCUT2D eigenvalue weighted by molar-refractivity contribution is 5.38. The number of pyridine rings is 1. The maximum Gasteiger partial charge on any atom is 0.155 e. The number of nitrogens with zero attached hydrogens (tertiary/aromatic N) is 3. The van der Waals surface area contributed by atoms with E-state index in [-0.39, 0.29) is 0 Å². The molecule has 0 aromatic carbocycles. The maximum absolute atomic E-state index is 5.60. The van der Waals surface area contributed by atoms with Gasteiger partial charge in [0.25, 0.3) is 0 Å². The van der Waals surface area contributed by atoms with Crippen LogP contribution in [0.25, 0.3) is 5.65 Å². The summed E-state index contributed by atoms with van der Waals surface area (Å²) in [6.07, 6.45) is 3.96. The van der Waals surface area contributed by atoms with Gasteiger partial charge in [-0.1, -0.05) is 6.07 Å². The Bertz CT molecular complexity index is 516. The molecule has 3 heterocycles. The van der Waals surface area contributed by atoms with Crippen molar-refractivity contribution in [3.63, 3.8) is 0 Å². The predicted molar refractivity (Wildman–Crippen MR) is 63.5 cm³/mol. The van der Waals surface area contributed by atoms with E-state index in [1.807, 2.05) is 22.8 Å². The smallest absolute Gasteiger partial charge is 0.155 e. The first kappa shape index (κ1) is 10.7. The lowest BCUT2D eigenvalue weighted by Gasteiger charge is -2.01. The van der Waals surface area contributed by atoms with Crippen LogP contribution in [0.2, 0.25) is 0 Å². The van der Waals surface area contributed by atoms with E-state index in [1.165, 1.54) is 0 Å². The van der Waals surface area contributed by atoms with Gasteiger partial charge in [-0.3, -0.25) is 0 Å². The Morgan fingerprint density at radius 2 is 2.41 bits per heavy atom. The standard InChI is InChI=1S/C12H16N4O/c13-6-10-1-2-12-14-11(15-16(12)7-10)5-9-3-4-17-8-9/h1-2,7,9H,3-6,8,13H2. The largest absolute Gasteiger partial charge is 0.381 e. The monoisotopic (exact) mass is 232 g/mol. The van der Waals surface area contributed by atoms with Crippen LogP contribution in [0.4, 0.5) is 0 Å². The van der Waals surface area contributed by atoms with Crippen molar-refractivity contribution in [2.24, 2.45) is 11.7 Å². The summed E-state index contributed by atoms with van der Waals surface area (Å²) in [6, 6.07) is 3.95. The zero-order valence-corrected chi connectivity index (χ0v) is 9.67. The summed E-state index contributed by atoms with van der Waals surface area (Å²) in [5, 5.41) is 4.48. The second-order valence-electron chi connectivity index (χ2n) is 4.51. The molecule has 1 atom stereocenters. The molecular formula is C12H16N4O. The van der Waals surface area contributed by atoms with E-state index in [2.05, 4.69) is 10.1 Å². The van der Waals surface area contributed by atoms with Crippen LogP contribution in [-0.4, -0.2) is 27.8 Å². The minimum absolute atomic E-state index is 0.529. The summed E-state index contributed by atoms with van der Waals surface area (Å²) < 4.78 is 7.17. The number of rotatable bonds is 3. The third-order valence-corrected chi connectivity index (χ3v) is 3.17. The van der Waals surface area contributed by atoms with Gasteiger partial charge in [0, 0.05) is 32.4 Å².